The standard InChI is InChI=1S/C20H19N9O/c1-30-17-9-5-2-6-14(17)18-25-19-21-10-27(26-11-22-23-12-26)13-28(19)20-24-15-7-3-4-8-16(15)29(18)20/h2-9,11-12,18H,10,13H2,1H3,(H,21,25)/t18-/m0/s1. The molecule has 0 saturated heterocycles. The molecule has 2 aromatic carbocycles. The fourth-order valence-electron chi connectivity index (χ4n) is 4.05. The number of benzene rings is 2. The number of para-hydroxylation sites is 3. The number of rotatable bonds is 3. The second kappa shape index (κ2) is 6.48. The van der Waals surface area contributed by atoms with E-state index < -0.39 is 0 Å². The van der Waals surface area contributed by atoms with Gasteiger partial charge in [-0.3, -0.25) is 14.5 Å². The molecule has 4 heterocycles. The van der Waals surface area contributed by atoms with Gasteiger partial charge in [0.1, 0.15) is 37.9 Å². The van der Waals surface area contributed by atoms with E-state index in [9.17, 15) is 0 Å². The summed E-state index contributed by atoms with van der Waals surface area (Å²) in [7, 11) is 1.69. The van der Waals surface area contributed by atoms with Crippen molar-refractivity contribution in [2.24, 2.45) is 4.99 Å². The predicted octanol–water partition coefficient (Wildman–Crippen LogP) is 1.52. The molecule has 6 rings (SSSR count). The number of hydrogen-bond acceptors (Lipinski definition) is 8. The molecule has 1 atom stereocenters. The number of anilines is 1. The first-order chi connectivity index (χ1) is 14.8. The van der Waals surface area contributed by atoms with Gasteiger partial charge >= 0.3 is 0 Å². The van der Waals surface area contributed by atoms with Gasteiger partial charge in [-0.25, -0.2) is 14.7 Å². The molecule has 2 aliphatic heterocycles. The number of aromatic nitrogens is 5. The maximum atomic E-state index is 5.65. The molecule has 0 aliphatic carbocycles. The average molecular weight is 401 g/mol. The quantitative estimate of drug-likeness (QED) is 0.557. The van der Waals surface area contributed by atoms with Crippen LogP contribution in [0.2, 0.25) is 0 Å². The normalized spacial score (nSPS) is 17.9. The number of aliphatic imine (C=N–C) groups is 1. The van der Waals surface area contributed by atoms with Crippen LogP contribution in [0.25, 0.3) is 11.0 Å². The van der Waals surface area contributed by atoms with Gasteiger partial charge in [0.15, 0.2) is 0 Å². The lowest BCUT2D eigenvalue weighted by Gasteiger charge is -2.42. The minimum Gasteiger partial charge on any atom is -0.496 e. The maximum Gasteiger partial charge on any atom is 0.217 e. The van der Waals surface area contributed by atoms with E-state index in [4.69, 9.17) is 14.7 Å². The van der Waals surface area contributed by atoms with Crippen molar-refractivity contribution in [2.45, 2.75) is 6.17 Å². The van der Waals surface area contributed by atoms with Crippen LogP contribution < -0.4 is 20.0 Å². The van der Waals surface area contributed by atoms with Crippen LogP contribution >= 0.6 is 0 Å². The molecule has 1 N–H and O–H groups in total. The molecule has 0 radical (unpaired) electrons. The van der Waals surface area contributed by atoms with Gasteiger partial charge in [0.2, 0.25) is 11.9 Å². The molecule has 30 heavy (non-hydrogen) atoms. The van der Waals surface area contributed by atoms with Crippen LogP contribution in [0.3, 0.4) is 0 Å². The van der Waals surface area contributed by atoms with Crippen molar-refractivity contribution in [1.82, 2.24) is 29.7 Å². The predicted molar refractivity (Wildman–Crippen MR) is 112 cm³/mol. The highest BCUT2D eigenvalue weighted by molar-refractivity contribution is 5.99. The topological polar surface area (TPSA) is 88.6 Å². The van der Waals surface area contributed by atoms with Gasteiger partial charge in [0.05, 0.1) is 18.1 Å². The second-order valence-electron chi connectivity index (χ2n) is 7.10. The van der Waals surface area contributed by atoms with E-state index in [0.717, 1.165) is 34.3 Å². The summed E-state index contributed by atoms with van der Waals surface area (Å²) in [6.45, 7) is 1.04. The molecule has 0 spiro atoms. The Kier molecular flexibility index (Phi) is 3.63. The molecule has 0 fully saturated rings. The van der Waals surface area contributed by atoms with E-state index in [1.54, 1.807) is 19.8 Å². The van der Waals surface area contributed by atoms with E-state index >= 15 is 0 Å². The molecule has 10 heteroatoms. The number of nitrogens with one attached hydrogen (secondary N) is 1. The van der Waals surface area contributed by atoms with Gasteiger partial charge < -0.3 is 10.1 Å². The third-order valence-corrected chi connectivity index (χ3v) is 5.45. The first-order valence-electron chi connectivity index (χ1n) is 9.62. The number of methoxy groups -OCH3 is 1. The molecule has 2 aliphatic rings. The number of guanidine groups is 1. The van der Waals surface area contributed by atoms with Crippen LogP contribution in [0.5, 0.6) is 5.75 Å². The summed E-state index contributed by atoms with van der Waals surface area (Å²) in [6.07, 6.45) is 3.14. The zero-order valence-corrected chi connectivity index (χ0v) is 16.3. The molecule has 0 bridgehead atoms. The molecular weight excluding hydrogens is 382 g/mol. The van der Waals surface area contributed by atoms with Crippen molar-refractivity contribution in [2.75, 3.05) is 30.4 Å². The van der Waals surface area contributed by atoms with Gasteiger partial charge in [-0.05, 0) is 18.2 Å². The summed E-state index contributed by atoms with van der Waals surface area (Å²) >= 11 is 0. The summed E-state index contributed by atoms with van der Waals surface area (Å²) in [5.74, 6) is 2.41. The molecule has 4 aromatic rings. The Morgan fingerprint density at radius 2 is 1.83 bits per heavy atom. The summed E-state index contributed by atoms with van der Waals surface area (Å²) in [6, 6.07) is 16.2. The van der Waals surface area contributed by atoms with Crippen molar-refractivity contribution in [3.63, 3.8) is 0 Å². The van der Waals surface area contributed by atoms with Gasteiger partial charge in [-0.15, -0.1) is 10.2 Å². The number of hydrogen-bond donors (Lipinski definition) is 1. The largest absolute Gasteiger partial charge is 0.496 e. The molecule has 0 unspecified atom stereocenters. The molecular formula is C20H19N9O. The summed E-state index contributed by atoms with van der Waals surface area (Å²) in [4.78, 5) is 11.8. The first-order valence-corrected chi connectivity index (χ1v) is 9.62. The number of imidazole rings is 1. The van der Waals surface area contributed by atoms with E-state index in [2.05, 4.69) is 37.1 Å². The van der Waals surface area contributed by atoms with Crippen LogP contribution in [0.15, 0.2) is 66.2 Å². The Bertz CT molecular complexity index is 1250. The molecule has 0 amide bonds. The third kappa shape index (κ3) is 2.43. The lowest BCUT2D eigenvalue weighted by molar-refractivity contribution is 0.396. The Labute approximate surface area is 172 Å². The molecule has 0 saturated carbocycles. The minimum atomic E-state index is -0.194. The first kappa shape index (κ1) is 16.8. The average Bonchev–Trinajstić information content (AvgIpc) is 3.47. The lowest BCUT2D eigenvalue weighted by Crippen LogP contribution is -2.59. The van der Waals surface area contributed by atoms with Crippen LogP contribution in [0.1, 0.15) is 11.7 Å². The molecule has 150 valence electrons. The van der Waals surface area contributed by atoms with Gasteiger partial charge in [-0.1, -0.05) is 30.3 Å². The molecule has 10 nitrogen and oxygen atoms in total. The van der Waals surface area contributed by atoms with Crippen LogP contribution in [-0.2, 0) is 0 Å². The minimum absolute atomic E-state index is 0.194. The van der Waals surface area contributed by atoms with Crippen LogP contribution in [0.4, 0.5) is 5.95 Å². The monoisotopic (exact) mass is 401 g/mol. The fraction of sp³-hybridized carbons (Fsp3) is 0.200. The smallest absolute Gasteiger partial charge is 0.217 e. The highest BCUT2D eigenvalue weighted by Gasteiger charge is 2.36. The highest BCUT2D eigenvalue weighted by atomic mass is 16.5. The van der Waals surface area contributed by atoms with Crippen molar-refractivity contribution in [1.29, 1.82) is 0 Å². The summed E-state index contributed by atoms with van der Waals surface area (Å²) < 4.78 is 9.68. The van der Waals surface area contributed by atoms with Crippen LogP contribution in [-0.4, -0.2) is 50.8 Å². The van der Waals surface area contributed by atoms with E-state index in [0.29, 0.717) is 13.3 Å². The van der Waals surface area contributed by atoms with E-state index in [1.807, 2.05) is 46.1 Å². The number of ether oxygens (including phenoxy) is 1. The maximum absolute atomic E-state index is 5.65. The van der Waals surface area contributed by atoms with Crippen molar-refractivity contribution in [3.8, 4) is 5.75 Å². The third-order valence-electron chi connectivity index (χ3n) is 5.45. The summed E-state index contributed by atoms with van der Waals surface area (Å²) in [5.41, 5.74) is 2.99. The van der Waals surface area contributed by atoms with E-state index in [1.165, 1.54) is 0 Å². The zero-order chi connectivity index (χ0) is 20.1. The Hall–Kier alpha value is -4.08. The van der Waals surface area contributed by atoms with Crippen molar-refractivity contribution in [3.05, 3.63) is 66.7 Å². The number of nitrogens with zero attached hydrogens (tertiary/aromatic N) is 8. The SMILES string of the molecule is COc1ccccc1[C@H]1NC2=NCN(n3cnnc3)CN2c2nc3ccccc3n21. The van der Waals surface area contributed by atoms with Crippen molar-refractivity contribution < 1.29 is 4.74 Å². The Morgan fingerprint density at radius 3 is 2.70 bits per heavy atom. The molecule has 2 aromatic heterocycles. The lowest BCUT2D eigenvalue weighted by atomic mass is 10.1. The Morgan fingerprint density at radius 1 is 1.03 bits per heavy atom. The van der Waals surface area contributed by atoms with Gasteiger partial charge in [0.25, 0.3) is 0 Å². The van der Waals surface area contributed by atoms with Gasteiger partial charge in [-0.2, -0.15) is 0 Å². The van der Waals surface area contributed by atoms with Gasteiger partial charge in [0, 0.05) is 5.56 Å². The van der Waals surface area contributed by atoms with Crippen LogP contribution in [0, 0.1) is 0 Å². The zero-order valence-electron chi connectivity index (χ0n) is 16.3. The second-order valence-corrected chi connectivity index (χ2v) is 7.10. The number of fused-ring (bicyclic) bond motifs is 5. The van der Waals surface area contributed by atoms with E-state index in [-0.39, 0.29) is 6.17 Å². The highest BCUT2D eigenvalue weighted by Crippen LogP contribution is 2.36. The van der Waals surface area contributed by atoms with Crippen molar-refractivity contribution >= 4 is 22.9 Å². The Balaban J connectivity index is 1.53. The fourth-order valence-corrected chi connectivity index (χ4v) is 4.05. The summed E-state index contributed by atoms with van der Waals surface area (Å²) in [5, 5.41) is 13.4.